The molecule has 6 heteroatoms. The second kappa shape index (κ2) is 5.89. The van der Waals surface area contributed by atoms with Gasteiger partial charge in [0.2, 0.25) is 0 Å². The smallest absolute Gasteiger partial charge is 0.158 e. The molecule has 26 heavy (non-hydrogen) atoms. The minimum atomic E-state index is 0.433. The predicted molar refractivity (Wildman–Crippen MR) is 110 cm³/mol. The van der Waals surface area contributed by atoms with Crippen LogP contribution in [-0.4, -0.2) is 18.1 Å². The summed E-state index contributed by atoms with van der Waals surface area (Å²) >= 11 is 8.05. The fourth-order valence-electron chi connectivity index (χ4n) is 3.61. The fraction of sp³-hybridized carbons (Fsp3) is 0.200. The molecule has 3 aliphatic rings. The van der Waals surface area contributed by atoms with E-state index in [-0.39, 0.29) is 0 Å². The van der Waals surface area contributed by atoms with Crippen molar-refractivity contribution in [1.82, 2.24) is 0 Å². The number of nitrogens with zero attached hydrogens (tertiary/aromatic N) is 3. The lowest BCUT2D eigenvalue weighted by molar-refractivity contribution is 0.844. The Bertz CT molecular complexity index is 1010. The quantitative estimate of drug-likeness (QED) is 0.718. The summed E-state index contributed by atoms with van der Waals surface area (Å²) in [4.78, 5) is 3.60. The number of benzene rings is 2. The predicted octanol–water partition coefficient (Wildman–Crippen LogP) is 5.42. The molecule has 0 radical (unpaired) electrons. The molecule has 3 heterocycles. The second-order valence-corrected chi connectivity index (χ2v) is 8.08. The standard InChI is InChI=1S/C20H17ClN4S/c1-12-8-9-13(11-14(12)21)25-19(22)18-15(23-25)5-4-10-24-16-6-2-3-7-17(16)26-20(18)24/h2-3,6-9,11,22H,4-5,10H2,1H3. The highest BCUT2D eigenvalue weighted by atomic mass is 35.5. The molecule has 0 fully saturated rings. The number of para-hydroxylation sites is 1. The number of hydrogen-bond acceptors (Lipinski definition) is 4. The lowest BCUT2D eigenvalue weighted by Crippen LogP contribution is -2.24. The molecule has 0 unspecified atom stereocenters. The van der Waals surface area contributed by atoms with Gasteiger partial charge >= 0.3 is 0 Å². The van der Waals surface area contributed by atoms with Gasteiger partial charge in [0.05, 0.1) is 27.7 Å². The summed E-state index contributed by atoms with van der Waals surface area (Å²) in [5, 5.41) is 17.2. The highest BCUT2D eigenvalue weighted by Gasteiger charge is 2.38. The maximum absolute atomic E-state index is 8.82. The zero-order valence-electron chi connectivity index (χ0n) is 14.3. The van der Waals surface area contributed by atoms with Gasteiger partial charge in [0, 0.05) is 16.5 Å². The molecule has 0 saturated heterocycles. The number of rotatable bonds is 1. The van der Waals surface area contributed by atoms with Crippen molar-refractivity contribution in [2.75, 3.05) is 16.5 Å². The van der Waals surface area contributed by atoms with Crippen LogP contribution in [0.3, 0.4) is 0 Å². The van der Waals surface area contributed by atoms with E-state index in [0.717, 1.165) is 47.0 Å². The van der Waals surface area contributed by atoms with Crippen molar-refractivity contribution in [3.8, 4) is 0 Å². The Labute approximate surface area is 161 Å². The molecule has 3 aliphatic heterocycles. The van der Waals surface area contributed by atoms with E-state index in [9.17, 15) is 0 Å². The maximum atomic E-state index is 8.82. The highest BCUT2D eigenvalue weighted by Crippen LogP contribution is 2.49. The largest absolute Gasteiger partial charge is 0.334 e. The molecule has 4 nitrogen and oxygen atoms in total. The van der Waals surface area contributed by atoms with E-state index in [1.54, 1.807) is 16.8 Å². The lowest BCUT2D eigenvalue weighted by atomic mass is 10.1. The summed E-state index contributed by atoms with van der Waals surface area (Å²) in [7, 11) is 0. The average molecular weight is 381 g/mol. The van der Waals surface area contributed by atoms with Gasteiger partial charge in [-0.25, -0.2) is 5.01 Å². The topological polar surface area (TPSA) is 42.7 Å². The van der Waals surface area contributed by atoms with E-state index in [4.69, 9.17) is 22.1 Å². The van der Waals surface area contributed by atoms with Crippen LogP contribution >= 0.6 is 23.4 Å². The van der Waals surface area contributed by atoms with E-state index < -0.39 is 0 Å². The van der Waals surface area contributed by atoms with Crippen molar-refractivity contribution in [2.45, 2.75) is 24.7 Å². The number of anilines is 2. The van der Waals surface area contributed by atoms with Crippen LogP contribution in [0, 0.1) is 12.3 Å². The number of amidine groups is 1. The Morgan fingerprint density at radius 3 is 2.88 bits per heavy atom. The third-order valence-electron chi connectivity index (χ3n) is 4.97. The van der Waals surface area contributed by atoms with Gasteiger partial charge in [0.15, 0.2) is 5.84 Å². The van der Waals surface area contributed by atoms with Gasteiger partial charge in [-0.05, 0) is 49.6 Å². The Morgan fingerprint density at radius 2 is 2.04 bits per heavy atom. The first-order valence-electron chi connectivity index (χ1n) is 8.65. The summed E-state index contributed by atoms with van der Waals surface area (Å²) in [6.07, 6.45) is 1.91. The number of thioether (sulfide) groups is 1. The third kappa shape index (κ3) is 2.31. The van der Waals surface area contributed by atoms with Crippen molar-refractivity contribution < 1.29 is 0 Å². The van der Waals surface area contributed by atoms with Crippen LogP contribution in [0.1, 0.15) is 18.4 Å². The normalized spacial score (nSPS) is 18.5. The molecule has 1 N–H and O–H groups in total. The number of hydrazone groups is 1. The van der Waals surface area contributed by atoms with Crippen molar-refractivity contribution in [3.05, 3.63) is 63.7 Å². The minimum absolute atomic E-state index is 0.433. The second-order valence-electron chi connectivity index (χ2n) is 6.65. The van der Waals surface area contributed by atoms with Crippen LogP contribution in [0.2, 0.25) is 5.02 Å². The van der Waals surface area contributed by atoms with Crippen LogP contribution in [0.25, 0.3) is 0 Å². The van der Waals surface area contributed by atoms with Gasteiger partial charge in [-0.1, -0.05) is 41.6 Å². The molecular formula is C20H17ClN4S. The minimum Gasteiger partial charge on any atom is -0.334 e. The SMILES string of the molecule is Cc1ccc(N2N=C3CCCN4C(=C3C2=N)Sc2ccccc24)cc1Cl. The number of hydrogen-bond donors (Lipinski definition) is 1. The monoisotopic (exact) mass is 380 g/mol. The first-order valence-corrected chi connectivity index (χ1v) is 9.84. The van der Waals surface area contributed by atoms with Crippen LogP contribution in [0.15, 0.2) is 63.1 Å². The maximum Gasteiger partial charge on any atom is 0.158 e. The van der Waals surface area contributed by atoms with E-state index in [0.29, 0.717) is 10.9 Å². The first-order chi connectivity index (χ1) is 12.6. The van der Waals surface area contributed by atoms with E-state index >= 15 is 0 Å². The van der Waals surface area contributed by atoms with Crippen molar-refractivity contribution >= 4 is 46.3 Å². The van der Waals surface area contributed by atoms with E-state index in [1.807, 2.05) is 25.1 Å². The van der Waals surface area contributed by atoms with Crippen molar-refractivity contribution in [1.29, 1.82) is 5.41 Å². The number of halogens is 1. The fourth-order valence-corrected chi connectivity index (χ4v) is 5.04. The van der Waals surface area contributed by atoms with Crippen LogP contribution in [0.5, 0.6) is 0 Å². The summed E-state index contributed by atoms with van der Waals surface area (Å²) in [5.41, 5.74) is 5.07. The first kappa shape index (κ1) is 16.0. The molecule has 0 spiro atoms. The number of nitrogens with one attached hydrogen (secondary N) is 1. The molecule has 2 aromatic carbocycles. The molecule has 0 saturated carbocycles. The molecule has 5 rings (SSSR count). The summed E-state index contributed by atoms with van der Waals surface area (Å²) in [6, 6.07) is 14.3. The Morgan fingerprint density at radius 1 is 1.19 bits per heavy atom. The van der Waals surface area contributed by atoms with Gasteiger partial charge in [-0.2, -0.15) is 5.10 Å². The van der Waals surface area contributed by atoms with Gasteiger partial charge in [-0.3, -0.25) is 5.41 Å². The molecule has 2 aromatic rings. The van der Waals surface area contributed by atoms with Crippen LogP contribution < -0.4 is 9.91 Å². The van der Waals surface area contributed by atoms with Crippen molar-refractivity contribution in [2.24, 2.45) is 5.10 Å². The summed E-state index contributed by atoms with van der Waals surface area (Å²) in [6.45, 7) is 2.94. The molecule has 0 aromatic heterocycles. The van der Waals surface area contributed by atoms with Crippen LogP contribution in [-0.2, 0) is 0 Å². The molecule has 0 atom stereocenters. The number of aryl methyl sites for hydroxylation is 1. The van der Waals surface area contributed by atoms with E-state index in [2.05, 4.69) is 29.2 Å². The summed E-state index contributed by atoms with van der Waals surface area (Å²) < 4.78 is 0. The zero-order valence-corrected chi connectivity index (χ0v) is 15.9. The van der Waals surface area contributed by atoms with Crippen LogP contribution in [0.4, 0.5) is 11.4 Å². The molecule has 0 amide bonds. The third-order valence-corrected chi connectivity index (χ3v) is 6.57. The highest BCUT2D eigenvalue weighted by molar-refractivity contribution is 8.03. The Hall–Kier alpha value is -2.24. The number of fused-ring (bicyclic) bond motifs is 4. The van der Waals surface area contributed by atoms with Gasteiger partial charge < -0.3 is 4.90 Å². The average Bonchev–Trinajstić information content (AvgIpc) is 3.09. The Balaban J connectivity index is 1.61. The molecule has 0 bridgehead atoms. The van der Waals surface area contributed by atoms with E-state index in [1.165, 1.54) is 10.6 Å². The Kier molecular flexibility index (Phi) is 3.62. The summed E-state index contributed by atoms with van der Waals surface area (Å²) in [5.74, 6) is 0.433. The van der Waals surface area contributed by atoms with Gasteiger partial charge in [0.25, 0.3) is 0 Å². The molecular weight excluding hydrogens is 364 g/mol. The molecule has 0 aliphatic carbocycles. The zero-order chi connectivity index (χ0) is 17.8. The van der Waals surface area contributed by atoms with Gasteiger partial charge in [0.1, 0.15) is 0 Å². The van der Waals surface area contributed by atoms with Gasteiger partial charge in [-0.15, -0.1) is 0 Å². The lowest BCUT2D eigenvalue weighted by Gasteiger charge is -2.21. The molecule has 130 valence electrons. The van der Waals surface area contributed by atoms with Crippen molar-refractivity contribution in [3.63, 3.8) is 0 Å².